The smallest absolute Gasteiger partial charge is 0.309 e. The molecule has 0 radical (unpaired) electrons. The zero-order chi connectivity index (χ0) is 18.7. The summed E-state index contributed by atoms with van der Waals surface area (Å²) in [5, 5.41) is 0.611. The van der Waals surface area contributed by atoms with Crippen molar-refractivity contribution < 1.29 is 31.7 Å². The zero-order valence-electron chi connectivity index (χ0n) is 14.4. The van der Waals surface area contributed by atoms with Crippen molar-refractivity contribution in [3.05, 3.63) is 0 Å². The molecule has 2 atom stereocenters. The van der Waals surface area contributed by atoms with Crippen LogP contribution in [0.1, 0.15) is 32.1 Å². The van der Waals surface area contributed by atoms with E-state index in [1.54, 1.807) is 0 Å². The molecular weight excluding hydrogens is 368 g/mol. The minimum atomic E-state index is -4.80. The number of nitrogens with zero attached hydrogens (tertiary/aromatic N) is 3. The molecule has 3 fully saturated rings. The molecule has 2 bridgehead atoms. The highest BCUT2D eigenvalue weighted by Crippen LogP contribution is 2.30. The van der Waals surface area contributed by atoms with Crippen LogP contribution in [-0.4, -0.2) is 84.6 Å². The van der Waals surface area contributed by atoms with Crippen molar-refractivity contribution >= 4 is 22.3 Å². The van der Waals surface area contributed by atoms with Gasteiger partial charge in [-0.05, 0) is 38.8 Å². The van der Waals surface area contributed by atoms with E-state index in [0.29, 0.717) is 24.5 Å². The predicted molar refractivity (Wildman–Crippen MR) is 87.8 cm³/mol. The van der Waals surface area contributed by atoms with Crippen molar-refractivity contribution in [3.63, 3.8) is 0 Å². The highest BCUT2D eigenvalue weighted by Gasteiger charge is 2.49. The van der Waals surface area contributed by atoms with Gasteiger partial charge in [0.1, 0.15) is 6.04 Å². The molecule has 3 heterocycles. The van der Waals surface area contributed by atoms with Gasteiger partial charge in [-0.3, -0.25) is 14.2 Å². The molecule has 26 heavy (non-hydrogen) atoms. The van der Waals surface area contributed by atoms with Gasteiger partial charge in [-0.2, -0.15) is 13.5 Å². The van der Waals surface area contributed by atoms with Crippen molar-refractivity contribution in [2.24, 2.45) is 0 Å². The molecule has 3 aliphatic rings. The van der Waals surface area contributed by atoms with Gasteiger partial charge in [0.2, 0.25) is 0 Å². The molecular formula is C14H24N4O7S. The third-order valence-corrected chi connectivity index (χ3v) is 5.28. The first-order valence-electron chi connectivity index (χ1n) is 8.76. The number of carbonyl (C=O) groups is 2. The summed E-state index contributed by atoms with van der Waals surface area (Å²) in [7, 11) is -4.80. The maximum Gasteiger partial charge on any atom is 0.418 e. The predicted octanol–water partition coefficient (Wildman–Crippen LogP) is -0.477. The number of likely N-dealkylation sites (tertiary alicyclic amines) is 1. The highest BCUT2D eigenvalue weighted by molar-refractivity contribution is 7.80. The molecule has 0 aromatic rings. The summed E-state index contributed by atoms with van der Waals surface area (Å²) >= 11 is 0. The summed E-state index contributed by atoms with van der Waals surface area (Å²) in [5.74, 6) is -0.454. The van der Waals surface area contributed by atoms with Crippen molar-refractivity contribution in [1.82, 2.24) is 20.3 Å². The second-order valence-corrected chi connectivity index (χ2v) is 7.73. The van der Waals surface area contributed by atoms with Crippen LogP contribution in [0.25, 0.3) is 0 Å². The number of rotatable bonds is 7. The van der Waals surface area contributed by atoms with Crippen LogP contribution in [0.5, 0.6) is 0 Å². The lowest BCUT2D eigenvalue weighted by molar-refractivity contribution is -0.139. The molecule has 3 rings (SSSR count). The van der Waals surface area contributed by atoms with Crippen molar-refractivity contribution in [2.45, 2.75) is 44.2 Å². The number of hydroxylamine groups is 3. The van der Waals surface area contributed by atoms with E-state index in [4.69, 9.17) is 9.39 Å². The Morgan fingerprint density at radius 3 is 2.65 bits per heavy atom. The lowest BCUT2D eigenvalue weighted by Crippen LogP contribution is -2.50. The number of urea groups is 1. The first kappa shape index (κ1) is 19.3. The fourth-order valence-corrected chi connectivity index (χ4v) is 4.04. The quantitative estimate of drug-likeness (QED) is 0.338. The Kier molecular flexibility index (Phi) is 5.97. The molecule has 148 valence electrons. The molecule has 3 aliphatic heterocycles. The normalized spacial score (nSPS) is 27.0. The van der Waals surface area contributed by atoms with Crippen LogP contribution in [0, 0.1) is 0 Å². The Balaban J connectivity index is 1.46. The van der Waals surface area contributed by atoms with E-state index in [9.17, 15) is 18.0 Å². The average Bonchev–Trinajstić information content (AvgIpc) is 2.83. The van der Waals surface area contributed by atoms with E-state index in [-0.39, 0.29) is 6.54 Å². The van der Waals surface area contributed by atoms with Crippen LogP contribution in [0.3, 0.4) is 0 Å². The monoisotopic (exact) mass is 392 g/mol. The Labute approximate surface area is 152 Å². The Morgan fingerprint density at radius 2 is 1.96 bits per heavy atom. The summed E-state index contributed by atoms with van der Waals surface area (Å²) in [6, 6.07) is -2.05. The Bertz CT molecular complexity index is 637. The third-order valence-electron chi connectivity index (χ3n) is 4.93. The van der Waals surface area contributed by atoms with Gasteiger partial charge in [-0.15, -0.1) is 4.28 Å². The molecule has 2 N–H and O–H groups in total. The van der Waals surface area contributed by atoms with E-state index in [1.165, 1.54) is 24.2 Å². The summed E-state index contributed by atoms with van der Waals surface area (Å²) in [6.45, 7) is 3.30. The second-order valence-electron chi connectivity index (χ2n) is 6.73. The van der Waals surface area contributed by atoms with Crippen LogP contribution >= 0.6 is 0 Å². The van der Waals surface area contributed by atoms with E-state index >= 15 is 0 Å². The SMILES string of the molecule is O=C(NOCCN1CCCCC1)[C@@H]1CC[C@@H]2CN1C(=O)N2OS(=O)(=O)O. The highest BCUT2D eigenvalue weighted by atomic mass is 32.3. The standard InChI is InChI=1S/C14H24N4O7S/c19-13(15-24-9-8-16-6-2-1-3-7-16)12-5-4-11-10-17(12)14(20)18(11)25-26(21,22)23/h11-12H,1-10H2,(H,15,19)(H,21,22,23)/t11-,12+/m1/s1. The molecule has 12 heteroatoms. The zero-order valence-corrected chi connectivity index (χ0v) is 15.2. The largest absolute Gasteiger partial charge is 0.418 e. The molecule has 0 saturated carbocycles. The van der Waals surface area contributed by atoms with Gasteiger partial charge >= 0.3 is 16.4 Å². The van der Waals surface area contributed by atoms with Crippen LogP contribution in [-0.2, 0) is 24.3 Å². The van der Waals surface area contributed by atoms with Gasteiger partial charge < -0.3 is 9.80 Å². The van der Waals surface area contributed by atoms with E-state index in [1.807, 2.05) is 0 Å². The Morgan fingerprint density at radius 1 is 1.23 bits per heavy atom. The van der Waals surface area contributed by atoms with Gasteiger partial charge in [0, 0.05) is 13.1 Å². The second kappa shape index (κ2) is 8.05. The number of hydrogen-bond donors (Lipinski definition) is 2. The summed E-state index contributed by atoms with van der Waals surface area (Å²) in [6.07, 6.45) is 4.33. The number of amides is 3. The molecule has 11 nitrogen and oxygen atoms in total. The maximum absolute atomic E-state index is 12.3. The van der Waals surface area contributed by atoms with Crippen molar-refractivity contribution in [3.8, 4) is 0 Å². The van der Waals surface area contributed by atoms with E-state index in [0.717, 1.165) is 19.6 Å². The van der Waals surface area contributed by atoms with E-state index < -0.39 is 34.4 Å². The average molecular weight is 392 g/mol. The molecule has 3 saturated heterocycles. The van der Waals surface area contributed by atoms with Crippen LogP contribution in [0.2, 0.25) is 0 Å². The summed E-state index contributed by atoms with van der Waals surface area (Å²) in [4.78, 5) is 33.3. The minimum Gasteiger partial charge on any atom is -0.309 e. The molecule has 0 aromatic carbocycles. The van der Waals surface area contributed by atoms with Gasteiger partial charge in [-0.1, -0.05) is 6.42 Å². The van der Waals surface area contributed by atoms with Gasteiger partial charge in [-0.25, -0.2) is 10.3 Å². The number of carbonyl (C=O) groups excluding carboxylic acids is 2. The summed E-state index contributed by atoms with van der Waals surface area (Å²) < 4.78 is 34.8. The Hall–Kier alpha value is -1.47. The first-order valence-corrected chi connectivity index (χ1v) is 10.1. The molecule has 0 spiro atoms. The fraction of sp³-hybridized carbons (Fsp3) is 0.857. The van der Waals surface area contributed by atoms with Gasteiger partial charge in [0.05, 0.1) is 12.6 Å². The van der Waals surface area contributed by atoms with Gasteiger partial charge in [0.25, 0.3) is 5.91 Å². The number of nitrogens with one attached hydrogen (secondary N) is 1. The topological polar surface area (TPSA) is 129 Å². The number of fused-ring (bicyclic) bond motifs is 2. The molecule has 0 unspecified atom stereocenters. The van der Waals surface area contributed by atoms with Gasteiger partial charge in [0.15, 0.2) is 0 Å². The maximum atomic E-state index is 12.3. The lowest BCUT2D eigenvalue weighted by Gasteiger charge is -2.29. The minimum absolute atomic E-state index is 0.153. The van der Waals surface area contributed by atoms with Crippen LogP contribution in [0.4, 0.5) is 4.79 Å². The first-order chi connectivity index (χ1) is 12.3. The summed E-state index contributed by atoms with van der Waals surface area (Å²) in [5.41, 5.74) is 2.37. The fourth-order valence-electron chi connectivity index (χ4n) is 3.65. The van der Waals surface area contributed by atoms with Crippen molar-refractivity contribution in [1.29, 1.82) is 0 Å². The number of piperidine rings is 2. The lowest BCUT2D eigenvalue weighted by atomic mass is 10.0. The molecule has 0 aromatic heterocycles. The van der Waals surface area contributed by atoms with Crippen LogP contribution in [0.15, 0.2) is 0 Å². The molecule has 3 amide bonds. The van der Waals surface area contributed by atoms with Crippen molar-refractivity contribution in [2.75, 3.05) is 32.8 Å². The van der Waals surface area contributed by atoms with E-state index in [2.05, 4.69) is 14.7 Å². The van der Waals surface area contributed by atoms with Crippen LogP contribution < -0.4 is 5.48 Å². The molecule has 0 aliphatic carbocycles. The third kappa shape index (κ3) is 4.62. The number of hydrogen-bond acceptors (Lipinski definition) is 7.